The number of phenolic OH excluding ortho intramolecular Hbond substituents is 1. The van der Waals surface area contributed by atoms with E-state index in [1.165, 1.54) is 38.8 Å². The smallest absolute Gasteiger partial charge is 0.414 e. The summed E-state index contributed by atoms with van der Waals surface area (Å²) in [4.78, 5) is 20.6. The molecule has 1 aromatic rings. The molecule has 0 radical (unpaired) electrons. The van der Waals surface area contributed by atoms with Crippen LogP contribution >= 0.6 is 0 Å². The standard InChI is InChI=1S/C13H19NO.C2H2O4/c15-13-8-4-3-7-12(13)11-14-9-5-1-2-6-10-14;3-1(4)2(5)6/h3-4,7-8,15H,1-2,5-6,9-11H2;(H,3,4)(H,5,6). The first kappa shape index (κ1) is 17.0. The third kappa shape index (κ3) is 6.76. The summed E-state index contributed by atoms with van der Waals surface area (Å²) in [5, 5.41) is 24.5. The van der Waals surface area contributed by atoms with Gasteiger partial charge in [0.2, 0.25) is 0 Å². The Morgan fingerprint density at radius 3 is 1.95 bits per heavy atom. The van der Waals surface area contributed by atoms with Crippen LogP contribution in [-0.2, 0) is 16.1 Å². The largest absolute Gasteiger partial charge is 0.508 e. The van der Waals surface area contributed by atoms with E-state index in [4.69, 9.17) is 19.8 Å². The van der Waals surface area contributed by atoms with Gasteiger partial charge in [-0.05, 0) is 32.0 Å². The van der Waals surface area contributed by atoms with Gasteiger partial charge in [0, 0.05) is 12.1 Å². The molecule has 21 heavy (non-hydrogen) atoms. The third-order valence-corrected chi connectivity index (χ3v) is 3.27. The molecule has 1 aliphatic heterocycles. The SMILES string of the molecule is O=C(O)C(=O)O.Oc1ccccc1CN1CCCCCC1. The lowest BCUT2D eigenvalue weighted by molar-refractivity contribution is -0.159. The summed E-state index contributed by atoms with van der Waals surface area (Å²) in [6.07, 6.45) is 5.32. The predicted octanol–water partition coefficient (Wildman–Crippen LogP) is 1.92. The number of rotatable bonds is 2. The molecule has 0 bridgehead atoms. The Bertz CT molecular complexity index is 455. The molecule has 2 rings (SSSR count). The van der Waals surface area contributed by atoms with E-state index in [1.54, 1.807) is 6.07 Å². The lowest BCUT2D eigenvalue weighted by Crippen LogP contribution is -2.23. The number of carbonyl (C=O) groups is 2. The highest BCUT2D eigenvalue weighted by atomic mass is 16.4. The van der Waals surface area contributed by atoms with Crippen LogP contribution in [0.25, 0.3) is 0 Å². The summed E-state index contributed by atoms with van der Waals surface area (Å²) in [6.45, 7) is 3.25. The molecule has 0 unspecified atom stereocenters. The number of nitrogens with zero attached hydrogens (tertiary/aromatic N) is 1. The molecule has 0 atom stereocenters. The van der Waals surface area contributed by atoms with Crippen molar-refractivity contribution in [2.24, 2.45) is 0 Å². The van der Waals surface area contributed by atoms with Crippen LogP contribution in [0.1, 0.15) is 31.2 Å². The summed E-state index contributed by atoms with van der Waals surface area (Å²) >= 11 is 0. The van der Waals surface area contributed by atoms with Gasteiger partial charge >= 0.3 is 11.9 Å². The Labute approximate surface area is 123 Å². The topological polar surface area (TPSA) is 98.1 Å². The monoisotopic (exact) mass is 295 g/mol. The van der Waals surface area contributed by atoms with E-state index in [9.17, 15) is 5.11 Å². The molecule has 1 aliphatic rings. The van der Waals surface area contributed by atoms with Crippen LogP contribution in [0.2, 0.25) is 0 Å². The molecule has 6 heteroatoms. The van der Waals surface area contributed by atoms with Crippen molar-refractivity contribution in [1.29, 1.82) is 0 Å². The summed E-state index contributed by atoms with van der Waals surface area (Å²) in [5.74, 6) is -3.22. The number of hydrogen-bond acceptors (Lipinski definition) is 4. The fourth-order valence-electron chi connectivity index (χ4n) is 2.18. The highest BCUT2D eigenvalue weighted by Gasteiger charge is 2.10. The van der Waals surface area contributed by atoms with Crippen molar-refractivity contribution in [2.45, 2.75) is 32.2 Å². The van der Waals surface area contributed by atoms with Crippen LogP contribution in [0, 0.1) is 0 Å². The Morgan fingerprint density at radius 1 is 0.952 bits per heavy atom. The molecule has 1 saturated heterocycles. The van der Waals surface area contributed by atoms with Gasteiger partial charge < -0.3 is 15.3 Å². The normalized spacial score (nSPS) is 15.4. The first-order chi connectivity index (χ1) is 10.0. The second kappa shape index (κ2) is 8.97. The molecular formula is C15H21NO5. The quantitative estimate of drug-likeness (QED) is 0.721. The second-order valence-corrected chi connectivity index (χ2v) is 4.93. The van der Waals surface area contributed by atoms with E-state index < -0.39 is 11.9 Å². The van der Waals surface area contributed by atoms with Crippen LogP contribution in [0.5, 0.6) is 5.75 Å². The van der Waals surface area contributed by atoms with E-state index in [-0.39, 0.29) is 0 Å². The fraction of sp³-hybridized carbons (Fsp3) is 0.467. The van der Waals surface area contributed by atoms with Crippen LogP contribution in [0.3, 0.4) is 0 Å². The van der Waals surface area contributed by atoms with Crippen molar-refractivity contribution < 1.29 is 24.9 Å². The zero-order chi connectivity index (χ0) is 15.7. The second-order valence-electron chi connectivity index (χ2n) is 4.93. The van der Waals surface area contributed by atoms with Crippen molar-refractivity contribution in [1.82, 2.24) is 4.90 Å². The van der Waals surface area contributed by atoms with Crippen LogP contribution in [-0.4, -0.2) is 45.2 Å². The number of likely N-dealkylation sites (tertiary alicyclic amines) is 1. The lowest BCUT2D eigenvalue weighted by atomic mass is 10.2. The van der Waals surface area contributed by atoms with Crippen molar-refractivity contribution in [3.63, 3.8) is 0 Å². The molecule has 0 saturated carbocycles. The zero-order valence-electron chi connectivity index (χ0n) is 11.9. The van der Waals surface area contributed by atoms with E-state index in [0.717, 1.165) is 12.1 Å². The average molecular weight is 295 g/mol. The molecule has 6 nitrogen and oxygen atoms in total. The molecule has 0 amide bonds. The maximum atomic E-state index is 9.68. The molecule has 3 N–H and O–H groups in total. The zero-order valence-corrected chi connectivity index (χ0v) is 11.9. The van der Waals surface area contributed by atoms with Crippen LogP contribution in [0.4, 0.5) is 0 Å². The maximum absolute atomic E-state index is 9.68. The van der Waals surface area contributed by atoms with Gasteiger partial charge in [-0.2, -0.15) is 0 Å². The Hall–Kier alpha value is -2.08. The predicted molar refractivity (Wildman–Crippen MR) is 77.1 cm³/mol. The summed E-state index contributed by atoms with van der Waals surface area (Å²) in [6, 6.07) is 7.65. The minimum atomic E-state index is -1.82. The minimum Gasteiger partial charge on any atom is -0.508 e. The number of para-hydroxylation sites is 1. The van der Waals surface area contributed by atoms with Gasteiger partial charge in [-0.15, -0.1) is 0 Å². The van der Waals surface area contributed by atoms with Gasteiger partial charge in [0.1, 0.15) is 5.75 Å². The Kier molecular flexibility index (Phi) is 7.25. The molecule has 1 aromatic carbocycles. The van der Waals surface area contributed by atoms with E-state index in [2.05, 4.69) is 4.90 Å². The number of benzene rings is 1. The first-order valence-corrected chi connectivity index (χ1v) is 6.96. The van der Waals surface area contributed by atoms with E-state index in [0.29, 0.717) is 5.75 Å². The van der Waals surface area contributed by atoms with Gasteiger partial charge in [0.15, 0.2) is 0 Å². The molecule has 0 aliphatic carbocycles. The average Bonchev–Trinajstić information content (AvgIpc) is 2.70. The molecule has 1 fully saturated rings. The number of phenols is 1. The van der Waals surface area contributed by atoms with Crippen molar-refractivity contribution >= 4 is 11.9 Å². The Morgan fingerprint density at radius 2 is 1.48 bits per heavy atom. The number of aromatic hydroxyl groups is 1. The number of aliphatic carboxylic acids is 2. The molecule has 1 heterocycles. The third-order valence-electron chi connectivity index (χ3n) is 3.27. The number of carboxylic acid groups (broad SMARTS) is 2. The summed E-state index contributed by atoms with van der Waals surface area (Å²) in [7, 11) is 0. The molecule has 116 valence electrons. The van der Waals surface area contributed by atoms with Crippen molar-refractivity contribution in [3.05, 3.63) is 29.8 Å². The molecular weight excluding hydrogens is 274 g/mol. The van der Waals surface area contributed by atoms with Gasteiger partial charge in [0.25, 0.3) is 0 Å². The van der Waals surface area contributed by atoms with E-state index in [1.807, 2.05) is 18.2 Å². The van der Waals surface area contributed by atoms with Gasteiger partial charge in [-0.3, -0.25) is 4.90 Å². The first-order valence-electron chi connectivity index (χ1n) is 6.96. The summed E-state index contributed by atoms with van der Waals surface area (Å²) in [5.41, 5.74) is 1.06. The minimum absolute atomic E-state index is 0.432. The van der Waals surface area contributed by atoms with Crippen LogP contribution < -0.4 is 0 Å². The van der Waals surface area contributed by atoms with Gasteiger partial charge in [-0.1, -0.05) is 31.0 Å². The lowest BCUT2D eigenvalue weighted by Gasteiger charge is -2.20. The van der Waals surface area contributed by atoms with Crippen molar-refractivity contribution in [2.75, 3.05) is 13.1 Å². The van der Waals surface area contributed by atoms with Gasteiger partial charge in [0.05, 0.1) is 0 Å². The fourth-order valence-corrected chi connectivity index (χ4v) is 2.18. The number of carboxylic acids is 2. The highest BCUT2D eigenvalue weighted by molar-refractivity contribution is 6.27. The van der Waals surface area contributed by atoms with Crippen molar-refractivity contribution in [3.8, 4) is 5.75 Å². The number of hydrogen-bond donors (Lipinski definition) is 3. The van der Waals surface area contributed by atoms with Gasteiger partial charge in [-0.25, -0.2) is 9.59 Å². The van der Waals surface area contributed by atoms with Crippen LogP contribution in [0.15, 0.2) is 24.3 Å². The summed E-state index contributed by atoms with van der Waals surface area (Å²) < 4.78 is 0. The van der Waals surface area contributed by atoms with E-state index >= 15 is 0 Å². The molecule has 0 spiro atoms. The highest BCUT2D eigenvalue weighted by Crippen LogP contribution is 2.19. The maximum Gasteiger partial charge on any atom is 0.414 e. The molecule has 0 aromatic heterocycles. The Balaban J connectivity index is 0.000000315.